The molecule has 0 spiro atoms. The molecule has 1 aromatic rings. The highest BCUT2D eigenvalue weighted by molar-refractivity contribution is 5.78. The second kappa shape index (κ2) is 6.31. The van der Waals surface area contributed by atoms with E-state index < -0.39 is 0 Å². The number of benzene rings is 1. The number of rotatable bonds is 6. The zero-order valence-electron chi connectivity index (χ0n) is 10.4. The van der Waals surface area contributed by atoms with E-state index in [1.807, 2.05) is 25.1 Å². The van der Waals surface area contributed by atoms with Gasteiger partial charge in [0.15, 0.2) is 0 Å². The van der Waals surface area contributed by atoms with Crippen LogP contribution in [0.2, 0.25) is 0 Å². The number of ether oxygens (including phenoxy) is 1. The second-order valence-corrected chi connectivity index (χ2v) is 4.08. The normalized spacial score (nSPS) is 10.2. The van der Waals surface area contributed by atoms with E-state index in [2.05, 4.69) is 6.92 Å². The highest BCUT2D eigenvalue weighted by Gasteiger charge is 2.04. The minimum absolute atomic E-state index is 0.359. The summed E-state index contributed by atoms with van der Waals surface area (Å²) in [4.78, 5) is 11.4. The molecular weight excluding hydrogens is 200 g/mol. The van der Waals surface area contributed by atoms with E-state index in [-0.39, 0.29) is 0 Å². The largest absolute Gasteiger partial charge is 0.497 e. The van der Waals surface area contributed by atoms with Crippen molar-refractivity contribution in [3.63, 3.8) is 0 Å². The van der Waals surface area contributed by atoms with Crippen molar-refractivity contribution in [2.75, 3.05) is 7.11 Å². The summed E-state index contributed by atoms with van der Waals surface area (Å²) in [5.74, 6) is 1.24. The molecule has 1 aromatic carbocycles. The summed E-state index contributed by atoms with van der Waals surface area (Å²) in [6.07, 6.45) is 3.14. The molecule has 0 aliphatic heterocycles. The van der Waals surface area contributed by atoms with Crippen LogP contribution in [0, 0.1) is 6.92 Å². The molecule has 0 unspecified atom stereocenters. The minimum Gasteiger partial charge on any atom is -0.497 e. The summed E-state index contributed by atoms with van der Waals surface area (Å²) in [7, 11) is 1.67. The molecular formula is C14H20O2. The van der Waals surface area contributed by atoms with E-state index in [0.717, 1.165) is 18.6 Å². The van der Waals surface area contributed by atoms with E-state index in [1.165, 1.54) is 11.1 Å². The molecule has 0 bridgehead atoms. The lowest BCUT2D eigenvalue weighted by atomic mass is 10.0. The molecule has 0 aliphatic carbocycles. The Labute approximate surface area is 97.6 Å². The standard InChI is InChI=1S/C14H20O2/c1-4-5-13(15)8-6-12-7-9-14(16-3)10-11(12)2/h7,9-10H,4-6,8H2,1-3H3. The van der Waals surface area contributed by atoms with Crippen molar-refractivity contribution >= 4 is 5.78 Å². The predicted octanol–water partition coefficient (Wildman–Crippen LogP) is 3.31. The summed E-state index contributed by atoms with van der Waals surface area (Å²) in [6, 6.07) is 6.01. The van der Waals surface area contributed by atoms with Crippen LogP contribution in [0.25, 0.3) is 0 Å². The number of hydrogen-bond donors (Lipinski definition) is 0. The van der Waals surface area contributed by atoms with Gasteiger partial charge in [0.05, 0.1) is 7.11 Å². The van der Waals surface area contributed by atoms with Crippen LogP contribution in [0.3, 0.4) is 0 Å². The molecule has 1 rings (SSSR count). The smallest absolute Gasteiger partial charge is 0.133 e. The van der Waals surface area contributed by atoms with Gasteiger partial charge in [-0.25, -0.2) is 0 Å². The number of hydrogen-bond acceptors (Lipinski definition) is 2. The Morgan fingerprint density at radius 3 is 2.62 bits per heavy atom. The van der Waals surface area contributed by atoms with Crippen molar-refractivity contribution in [2.24, 2.45) is 0 Å². The van der Waals surface area contributed by atoms with Gasteiger partial charge in [-0.05, 0) is 43.0 Å². The molecule has 2 heteroatoms. The average Bonchev–Trinajstić information content (AvgIpc) is 2.27. The number of carbonyl (C=O) groups excluding carboxylic acids is 1. The molecule has 0 radical (unpaired) electrons. The van der Waals surface area contributed by atoms with Crippen LogP contribution < -0.4 is 4.74 Å². The first-order valence-electron chi connectivity index (χ1n) is 5.82. The molecule has 0 amide bonds. The van der Waals surface area contributed by atoms with Gasteiger partial charge in [-0.3, -0.25) is 4.79 Å². The van der Waals surface area contributed by atoms with Crippen molar-refractivity contribution in [1.29, 1.82) is 0 Å². The number of carbonyl (C=O) groups is 1. The third-order valence-corrected chi connectivity index (χ3v) is 2.75. The first-order chi connectivity index (χ1) is 7.67. The van der Waals surface area contributed by atoms with Crippen LogP contribution in [0.15, 0.2) is 18.2 Å². The number of ketones is 1. The SMILES string of the molecule is CCCC(=O)CCc1ccc(OC)cc1C. The van der Waals surface area contributed by atoms with E-state index in [0.29, 0.717) is 18.6 Å². The van der Waals surface area contributed by atoms with Crippen molar-refractivity contribution in [3.05, 3.63) is 29.3 Å². The van der Waals surface area contributed by atoms with Crippen LogP contribution in [-0.2, 0) is 11.2 Å². The molecule has 16 heavy (non-hydrogen) atoms. The Hall–Kier alpha value is -1.31. The van der Waals surface area contributed by atoms with Gasteiger partial charge in [0.1, 0.15) is 11.5 Å². The number of aryl methyl sites for hydroxylation is 2. The van der Waals surface area contributed by atoms with E-state index in [1.54, 1.807) is 7.11 Å². The molecule has 0 atom stereocenters. The second-order valence-electron chi connectivity index (χ2n) is 4.08. The van der Waals surface area contributed by atoms with Crippen LogP contribution in [-0.4, -0.2) is 12.9 Å². The van der Waals surface area contributed by atoms with Crippen LogP contribution in [0.5, 0.6) is 5.75 Å². The van der Waals surface area contributed by atoms with Crippen molar-refractivity contribution < 1.29 is 9.53 Å². The van der Waals surface area contributed by atoms with E-state index in [4.69, 9.17) is 4.74 Å². The van der Waals surface area contributed by atoms with Crippen molar-refractivity contribution in [2.45, 2.75) is 39.5 Å². The zero-order chi connectivity index (χ0) is 12.0. The molecule has 0 aromatic heterocycles. The van der Waals surface area contributed by atoms with Crippen LogP contribution >= 0.6 is 0 Å². The van der Waals surface area contributed by atoms with Gasteiger partial charge in [-0.1, -0.05) is 13.0 Å². The summed E-state index contributed by atoms with van der Waals surface area (Å²) in [5, 5.41) is 0. The molecule has 0 saturated carbocycles. The van der Waals surface area contributed by atoms with Gasteiger partial charge in [-0.2, -0.15) is 0 Å². The molecule has 88 valence electrons. The third-order valence-electron chi connectivity index (χ3n) is 2.75. The highest BCUT2D eigenvalue weighted by atomic mass is 16.5. The minimum atomic E-state index is 0.359. The summed E-state index contributed by atoms with van der Waals surface area (Å²) in [6.45, 7) is 4.10. The summed E-state index contributed by atoms with van der Waals surface area (Å²) < 4.78 is 5.15. The van der Waals surface area contributed by atoms with Gasteiger partial charge in [-0.15, -0.1) is 0 Å². The lowest BCUT2D eigenvalue weighted by Gasteiger charge is -2.07. The first kappa shape index (κ1) is 12.8. The molecule has 2 nitrogen and oxygen atoms in total. The molecule has 0 aliphatic rings. The third kappa shape index (κ3) is 3.69. The average molecular weight is 220 g/mol. The Morgan fingerprint density at radius 2 is 2.06 bits per heavy atom. The van der Waals surface area contributed by atoms with E-state index in [9.17, 15) is 4.79 Å². The molecule has 0 fully saturated rings. The summed E-state index contributed by atoms with van der Waals surface area (Å²) >= 11 is 0. The fraction of sp³-hybridized carbons (Fsp3) is 0.500. The quantitative estimate of drug-likeness (QED) is 0.735. The van der Waals surface area contributed by atoms with Crippen LogP contribution in [0.4, 0.5) is 0 Å². The molecule has 0 N–H and O–H groups in total. The topological polar surface area (TPSA) is 26.3 Å². The van der Waals surface area contributed by atoms with Gasteiger partial charge in [0, 0.05) is 12.8 Å². The number of methoxy groups -OCH3 is 1. The maximum atomic E-state index is 11.4. The monoisotopic (exact) mass is 220 g/mol. The fourth-order valence-corrected chi connectivity index (χ4v) is 1.75. The van der Waals surface area contributed by atoms with Gasteiger partial charge >= 0.3 is 0 Å². The molecule has 0 heterocycles. The zero-order valence-corrected chi connectivity index (χ0v) is 10.4. The maximum absolute atomic E-state index is 11.4. The Kier molecular flexibility index (Phi) is 5.03. The first-order valence-corrected chi connectivity index (χ1v) is 5.82. The predicted molar refractivity (Wildman–Crippen MR) is 66.0 cm³/mol. The van der Waals surface area contributed by atoms with Crippen molar-refractivity contribution in [1.82, 2.24) is 0 Å². The maximum Gasteiger partial charge on any atom is 0.133 e. The van der Waals surface area contributed by atoms with Crippen LogP contribution in [0.1, 0.15) is 37.3 Å². The van der Waals surface area contributed by atoms with E-state index >= 15 is 0 Å². The Bertz CT molecular complexity index is 356. The van der Waals surface area contributed by atoms with Gasteiger partial charge in [0.25, 0.3) is 0 Å². The Morgan fingerprint density at radius 1 is 1.31 bits per heavy atom. The van der Waals surface area contributed by atoms with Gasteiger partial charge < -0.3 is 4.74 Å². The number of Topliss-reactive ketones (excluding diaryl/α,β-unsaturated/α-hetero) is 1. The highest BCUT2D eigenvalue weighted by Crippen LogP contribution is 2.18. The van der Waals surface area contributed by atoms with Gasteiger partial charge in [0.2, 0.25) is 0 Å². The fourth-order valence-electron chi connectivity index (χ4n) is 1.75. The Balaban J connectivity index is 2.57. The lowest BCUT2D eigenvalue weighted by Crippen LogP contribution is -2.00. The lowest BCUT2D eigenvalue weighted by molar-refractivity contribution is -0.119. The summed E-state index contributed by atoms with van der Waals surface area (Å²) in [5.41, 5.74) is 2.44. The van der Waals surface area contributed by atoms with Crippen molar-refractivity contribution in [3.8, 4) is 5.75 Å². The molecule has 0 saturated heterocycles.